The van der Waals surface area contributed by atoms with Gasteiger partial charge in [-0.2, -0.15) is 0 Å². The number of hydrogen-bond donors (Lipinski definition) is 0. The average Bonchev–Trinajstić information content (AvgIpc) is 3.22. The van der Waals surface area contributed by atoms with Crippen LogP contribution >= 0.6 is 0 Å². The lowest BCUT2D eigenvalue weighted by Gasteiger charge is -2.17. The maximum atomic E-state index is 12.7. The van der Waals surface area contributed by atoms with E-state index >= 15 is 0 Å². The summed E-state index contributed by atoms with van der Waals surface area (Å²) in [6.45, 7) is 2.05. The first kappa shape index (κ1) is 14.2. The van der Waals surface area contributed by atoms with E-state index in [0.29, 0.717) is 17.9 Å². The molecule has 2 aliphatic carbocycles. The van der Waals surface area contributed by atoms with Gasteiger partial charge in [0.05, 0.1) is 29.7 Å². The number of fused-ring (bicyclic) bond motifs is 5. The first-order valence-corrected chi connectivity index (χ1v) is 7.95. The lowest BCUT2D eigenvalue weighted by atomic mass is 9.85. The third-order valence-corrected chi connectivity index (χ3v) is 5.11. The minimum Gasteiger partial charge on any atom is -0.462 e. The molecule has 1 saturated carbocycles. The molecule has 0 unspecified atom stereocenters. The van der Waals surface area contributed by atoms with Crippen molar-refractivity contribution in [3.05, 3.63) is 42.0 Å². The Kier molecular flexibility index (Phi) is 3.11. The molecule has 1 aromatic rings. The number of amides is 2. The van der Waals surface area contributed by atoms with Crippen LogP contribution in [0.3, 0.4) is 0 Å². The number of benzene rings is 1. The number of ether oxygens (including phenoxy) is 1. The van der Waals surface area contributed by atoms with Crippen LogP contribution in [0, 0.1) is 23.7 Å². The monoisotopic (exact) mass is 311 g/mol. The van der Waals surface area contributed by atoms with E-state index in [1.54, 1.807) is 31.2 Å². The van der Waals surface area contributed by atoms with E-state index in [9.17, 15) is 14.4 Å². The summed E-state index contributed by atoms with van der Waals surface area (Å²) in [5.74, 6) is -0.640. The van der Waals surface area contributed by atoms with Gasteiger partial charge in [0, 0.05) is 0 Å². The molecule has 0 N–H and O–H groups in total. The summed E-state index contributed by atoms with van der Waals surface area (Å²) in [6, 6.07) is 6.46. The molecule has 0 radical (unpaired) electrons. The van der Waals surface area contributed by atoms with Crippen LogP contribution in [0.2, 0.25) is 0 Å². The predicted molar refractivity (Wildman–Crippen MR) is 82.6 cm³/mol. The average molecular weight is 311 g/mol. The van der Waals surface area contributed by atoms with E-state index in [4.69, 9.17) is 4.74 Å². The van der Waals surface area contributed by atoms with Crippen molar-refractivity contribution >= 4 is 23.5 Å². The summed E-state index contributed by atoms with van der Waals surface area (Å²) in [6.07, 6.45) is 5.07. The molecule has 1 aliphatic heterocycles. The van der Waals surface area contributed by atoms with Crippen molar-refractivity contribution in [3.63, 3.8) is 0 Å². The van der Waals surface area contributed by atoms with Gasteiger partial charge in [-0.1, -0.05) is 12.2 Å². The van der Waals surface area contributed by atoms with Crippen molar-refractivity contribution in [1.82, 2.24) is 0 Å². The Morgan fingerprint density at radius 3 is 2.17 bits per heavy atom. The summed E-state index contributed by atoms with van der Waals surface area (Å²) in [4.78, 5) is 38.3. The highest BCUT2D eigenvalue weighted by atomic mass is 16.5. The molecular weight excluding hydrogens is 294 g/mol. The van der Waals surface area contributed by atoms with E-state index in [2.05, 4.69) is 12.2 Å². The molecule has 5 nitrogen and oxygen atoms in total. The maximum absolute atomic E-state index is 12.7. The Balaban J connectivity index is 1.61. The van der Waals surface area contributed by atoms with Crippen molar-refractivity contribution < 1.29 is 19.1 Å². The standard InChI is InChI=1S/C18H17NO4/c1-2-23-18(22)10-5-7-13(8-6-10)19-16(20)14-11-3-4-12(9-11)15(14)17(19)21/h3-8,11-12,14-15H,2,9H2,1H3/t11-,12-,14+,15+/m0/s1. The molecule has 5 heteroatoms. The fraction of sp³-hybridized carbons (Fsp3) is 0.389. The molecule has 118 valence electrons. The van der Waals surface area contributed by atoms with E-state index in [0.717, 1.165) is 6.42 Å². The molecule has 23 heavy (non-hydrogen) atoms. The molecule has 2 amide bonds. The van der Waals surface area contributed by atoms with Crippen molar-refractivity contribution in [1.29, 1.82) is 0 Å². The van der Waals surface area contributed by atoms with Crippen LogP contribution in [0.25, 0.3) is 0 Å². The second-order valence-corrected chi connectivity index (χ2v) is 6.28. The Morgan fingerprint density at radius 2 is 1.65 bits per heavy atom. The Hall–Kier alpha value is -2.43. The number of allylic oxidation sites excluding steroid dienone is 2. The molecular formula is C18H17NO4. The Bertz CT molecular complexity index is 691. The zero-order valence-electron chi connectivity index (χ0n) is 12.8. The summed E-state index contributed by atoms with van der Waals surface area (Å²) in [5, 5.41) is 0. The van der Waals surface area contributed by atoms with E-state index in [-0.39, 0.29) is 35.5 Å². The van der Waals surface area contributed by atoms with Gasteiger partial charge in [-0.25, -0.2) is 4.79 Å². The highest BCUT2D eigenvalue weighted by Gasteiger charge is 2.59. The predicted octanol–water partition coefficient (Wildman–Crippen LogP) is 2.17. The first-order valence-electron chi connectivity index (χ1n) is 7.95. The Morgan fingerprint density at radius 1 is 1.09 bits per heavy atom. The number of imide groups is 1. The number of nitrogens with zero attached hydrogens (tertiary/aromatic N) is 1. The fourth-order valence-corrected chi connectivity index (χ4v) is 4.12. The van der Waals surface area contributed by atoms with Crippen molar-refractivity contribution in [2.75, 3.05) is 11.5 Å². The van der Waals surface area contributed by atoms with Crippen LogP contribution in [0.1, 0.15) is 23.7 Å². The molecule has 1 aromatic carbocycles. The highest BCUT2D eigenvalue weighted by Crippen LogP contribution is 2.53. The highest BCUT2D eigenvalue weighted by molar-refractivity contribution is 6.22. The van der Waals surface area contributed by atoms with Gasteiger partial charge in [0.15, 0.2) is 0 Å². The normalized spacial score (nSPS) is 30.9. The van der Waals surface area contributed by atoms with Gasteiger partial charge in [0.1, 0.15) is 0 Å². The number of esters is 1. The van der Waals surface area contributed by atoms with E-state index in [1.807, 2.05) is 0 Å². The van der Waals surface area contributed by atoms with Crippen LogP contribution in [-0.2, 0) is 14.3 Å². The summed E-state index contributed by atoms with van der Waals surface area (Å²) in [7, 11) is 0. The molecule has 2 fully saturated rings. The smallest absolute Gasteiger partial charge is 0.338 e. The number of carbonyl (C=O) groups is 3. The molecule has 2 bridgehead atoms. The number of carbonyl (C=O) groups excluding carboxylic acids is 3. The second kappa shape index (κ2) is 5.05. The largest absolute Gasteiger partial charge is 0.462 e. The minimum absolute atomic E-state index is 0.110. The summed E-state index contributed by atoms with van der Waals surface area (Å²) < 4.78 is 4.94. The number of rotatable bonds is 3. The molecule has 0 aromatic heterocycles. The molecule has 1 heterocycles. The molecule has 4 rings (SSSR count). The topological polar surface area (TPSA) is 63.7 Å². The van der Waals surface area contributed by atoms with E-state index < -0.39 is 5.97 Å². The third-order valence-electron chi connectivity index (χ3n) is 5.11. The third kappa shape index (κ3) is 1.96. The van der Waals surface area contributed by atoms with E-state index in [1.165, 1.54) is 4.90 Å². The molecule has 0 spiro atoms. The van der Waals surface area contributed by atoms with Crippen molar-refractivity contribution in [2.24, 2.45) is 23.7 Å². The van der Waals surface area contributed by atoms with Crippen LogP contribution in [0.4, 0.5) is 5.69 Å². The van der Waals surface area contributed by atoms with Crippen LogP contribution in [-0.4, -0.2) is 24.4 Å². The quantitative estimate of drug-likeness (QED) is 0.487. The lowest BCUT2D eigenvalue weighted by molar-refractivity contribution is -0.123. The second-order valence-electron chi connectivity index (χ2n) is 6.28. The lowest BCUT2D eigenvalue weighted by Crippen LogP contribution is -2.32. The minimum atomic E-state index is -0.405. The van der Waals surface area contributed by atoms with Crippen molar-refractivity contribution in [3.8, 4) is 0 Å². The SMILES string of the molecule is CCOC(=O)c1ccc(N2C(=O)[C@H]3[C@H](C2=O)[C@H]2C=C[C@H]3C2)cc1. The molecule has 3 aliphatic rings. The van der Waals surface area contributed by atoms with Crippen LogP contribution in [0.5, 0.6) is 0 Å². The van der Waals surface area contributed by atoms with Crippen LogP contribution < -0.4 is 4.90 Å². The summed E-state index contributed by atoms with van der Waals surface area (Å²) >= 11 is 0. The van der Waals surface area contributed by atoms with Gasteiger partial charge in [-0.15, -0.1) is 0 Å². The van der Waals surface area contributed by atoms with Crippen molar-refractivity contribution in [2.45, 2.75) is 13.3 Å². The Labute approximate surface area is 133 Å². The van der Waals surface area contributed by atoms with Gasteiger partial charge in [-0.3, -0.25) is 14.5 Å². The summed E-state index contributed by atoms with van der Waals surface area (Å²) in [5.41, 5.74) is 0.943. The van der Waals surface area contributed by atoms with Gasteiger partial charge >= 0.3 is 5.97 Å². The number of anilines is 1. The van der Waals surface area contributed by atoms with Gasteiger partial charge in [0.25, 0.3) is 0 Å². The zero-order chi connectivity index (χ0) is 16.1. The molecule has 4 atom stereocenters. The number of hydrogen-bond acceptors (Lipinski definition) is 4. The molecule has 1 saturated heterocycles. The maximum Gasteiger partial charge on any atom is 0.338 e. The van der Waals surface area contributed by atoms with Crippen LogP contribution in [0.15, 0.2) is 36.4 Å². The van der Waals surface area contributed by atoms with Gasteiger partial charge in [0.2, 0.25) is 11.8 Å². The first-order chi connectivity index (χ1) is 11.1. The van der Waals surface area contributed by atoms with Gasteiger partial charge < -0.3 is 4.74 Å². The fourth-order valence-electron chi connectivity index (χ4n) is 4.12. The van der Waals surface area contributed by atoms with Gasteiger partial charge in [-0.05, 0) is 49.4 Å². The zero-order valence-corrected chi connectivity index (χ0v) is 12.8.